The molecule has 3 aromatic rings. The van der Waals surface area contributed by atoms with E-state index >= 15 is 0 Å². The number of methoxy groups -OCH3 is 1. The number of azo groups is 2. The van der Waals surface area contributed by atoms with Crippen molar-refractivity contribution in [3.63, 3.8) is 0 Å². The van der Waals surface area contributed by atoms with E-state index < -0.39 is 4.92 Å². The van der Waals surface area contributed by atoms with Gasteiger partial charge in [0, 0.05) is 37.8 Å². The van der Waals surface area contributed by atoms with E-state index in [-0.39, 0.29) is 17.2 Å². The van der Waals surface area contributed by atoms with Crippen molar-refractivity contribution in [2.45, 2.75) is 26.7 Å². The first-order valence-electron chi connectivity index (χ1n) is 11.3. The van der Waals surface area contributed by atoms with Crippen molar-refractivity contribution in [3.8, 4) is 5.75 Å². The van der Waals surface area contributed by atoms with Gasteiger partial charge in [0.25, 0.3) is 5.69 Å². The van der Waals surface area contributed by atoms with Crippen LogP contribution in [-0.4, -0.2) is 31.4 Å². The van der Waals surface area contributed by atoms with Gasteiger partial charge in [0.15, 0.2) is 5.69 Å². The van der Waals surface area contributed by atoms with Gasteiger partial charge in [-0.1, -0.05) is 6.07 Å². The molecule has 0 aliphatic rings. The lowest BCUT2D eigenvalue weighted by atomic mass is 10.2. The molecule has 0 N–H and O–H groups in total. The Balaban J connectivity index is 1.70. The molecule has 36 heavy (non-hydrogen) atoms. The minimum Gasteiger partial charge on any atom is -0.494 e. The van der Waals surface area contributed by atoms with E-state index in [4.69, 9.17) is 4.74 Å². The highest BCUT2D eigenvalue weighted by Gasteiger charge is 2.13. The summed E-state index contributed by atoms with van der Waals surface area (Å²) in [5.74, 6) is 0.636. The summed E-state index contributed by atoms with van der Waals surface area (Å²) in [6, 6.07) is 17.4. The number of nitro benzene ring substituents is 1. The van der Waals surface area contributed by atoms with Crippen molar-refractivity contribution in [3.05, 3.63) is 76.3 Å². The molecule has 10 heteroatoms. The Hall–Kier alpha value is -4.47. The van der Waals surface area contributed by atoms with Crippen molar-refractivity contribution in [1.29, 1.82) is 0 Å². The maximum Gasteiger partial charge on any atom is 0.296 e. The molecule has 0 saturated heterocycles. The van der Waals surface area contributed by atoms with Crippen LogP contribution in [0.15, 0.2) is 81.1 Å². The lowest BCUT2D eigenvalue weighted by molar-refractivity contribution is -0.384. The summed E-state index contributed by atoms with van der Waals surface area (Å²) in [5.41, 5.74) is 3.49. The van der Waals surface area contributed by atoms with Crippen LogP contribution in [-0.2, 0) is 4.79 Å². The van der Waals surface area contributed by atoms with Crippen LogP contribution in [0.4, 0.5) is 34.1 Å². The van der Waals surface area contributed by atoms with Crippen LogP contribution in [0.3, 0.4) is 0 Å². The van der Waals surface area contributed by atoms with Gasteiger partial charge in [0.05, 0.1) is 23.4 Å². The number of hydrogen-bond acceptors (Lipinski definition) is 9. The lowest BCUT2D eigenvalue weighted by Crippen LogP contribution is -2.18. The van der Waals surface area contributed by atoms with Crippen molar-refractivity contribution >= 4 is 39.9 Å². The minimum absolute atomic E-state index is 0.107. The number of carbonyl (C=O) groups is 1. The molecule has 186 valence electrons. The SMILES string of the molecule is COc1cc(N=Nc2ccc(C)cc2[N+](=O)[O-])ccc1N=Nc1ccc(N(C)CCCC(C)=O)cc1. The number of aryl methyl sites for hydroxylation is 1. The van der Waals surface area contributed by atoms with Gasteiger partial charge in [0.1, 0.15) is 17.2 Å². The largest absolute Gasteiger partial charge is 0.494 e. The number of nitro groups is 1. The van der Waals surface area contributed by atoms with E-state index in [9.17, 15) is 14.9 Å². The average molecular weight is 489 g/mol. The third-order valence-electron chi connectivity index (χ3n) is 5.35. The number of benzene rings is 3. The van der Waals surface area contributed by atoms with Gasteiger partial charge in [0.2, 0.25) is 0 Å². The summed E-state index contributed by atoms with van der Waals surface area (Å²) in [6.45, 7) is 4.17. The first kappa shape index (κ1) is 26.1. The molecule has 0 aromatic heterocycles. The quantitative estimate of drug-likeness (QED) is 0.157. The van der Waals surface area contributed by atoms with Gasteiger partial charge >= 0.3 is 0 Å². The number of Topliss-reactive ketones (excluding diaryl/α,β-unsaturated/α-hetero) is 1. The van der Waals surface area contributed by atoms with Crippen LogP contribution in [0.5, 0.6) is 5.75 Å². The molecular weight excluding hydrogens is 460 g/mol. The van der Waals surface area contributed by atoms with E-state index in [0.29, 0.717) is 29.2 Å². The zero-order valence-corrected chi connectivity index (χ0v) is 20.7. The molecular formula is C26H28N6O4. The number of ether oxygens (including phenoxy) is 1. The minimum atomic E-state index is -0.482. The summed E-state index contributed by atoms with van der Waals surface area (Å²) in [4.78, 5) is 24.0. The molecule has 0 fully saturated rings. The number of nitrogens with zero attached hydrogens (tertiary/aromatic N) is 6. The van der Waals surface area contributed by atoms with Gasteiger partial charge in [-0.2, -0.15) is 10.2 Å². The highest BCUT2D eigenvalue weighted by molar-refractivity contribution is 5.75. The Labute approximate surface area is 209 Å². The zero-order chi connectivity index (χ0) is 26.1. The highest BCUT2D eigenvalue weighted by Crippen LogP contribution is 2.35. The number of hydrogen-bond donors (Lipinski definition) is 0. The topological polar surface area (TPSA) is 122 Å². The lowest BCUT2D eigenvalue weighted by Gasteiger charge is -2.18. The molecule has 0 aliphatic heterocycles. The van der Waals surface area contributed by atoms with Gasteiger partial charge in [-0.25, -0.2) is 0 Å². The zero-order valence-electron chi connectivity index (χ0n) is 20.7. The predicted molar refractivity (Wildman–Crippen MR) is 139 cm³/mol. The molecule has 3 rings (SSSR count). The van der Waals surface area contributed by atoms with Crippen LogP contribution in [0, 0.1) is 17.0 Å². The van der Waals surface area contributed by atoms with Crippen molar-refractivity contribution < 1.29 is 14.5 Å². The van der Waals surface area contributed by atoms with E-state index in [1.54, 1.807) is 44.2 Å². The second kappa shape index (κ2) is 12.3. The van der Waals surface area contributed by atoms with Crippen LogP contribution in [0.2, 0.25) is 0 Å². The average Bonchev–Trinajstić information content (AvgIpc) is 2.86. The Kier molecular flexibility index (Phi) is 8.93. The fraction of sp³-hybridized carbons (Fsp3) is 0.269. The summed E-state index contributed by atoms with van der Waals surface area (Å²) in [6.07, 6.45) is 1.38. The van der Waals surface area contributed by atoms with E-state index in [0.717, 1.165) is 24.2 Å². The predicted octanol–water partition coefficient (Wildman–Crippen LogP) is 7.55. The standard InChI is InChI=1S/C26H28N6O4/c1-18-7-13-23(25(16-18)32(34)35)29-28-21-10-14-24(26(17-21)36-4)30-27-20-8-11-22(12-9-20)31(3)15-5-6-19(2)33/h7-14,16-17H,5-6,15H2,1-4H3. The Morgan fingerprint density at radius 3 is 2.25 bits per heavy atom. The highest BCUT2D eigenvalue weighted by atomic mass is 16.6. The van der Waals surface area contributed by atoms with Crippen molar-refractivity contribution in [2.24, 2.45) is 20.5 Å². The third kappa shape index (κ3) is 7.26. The molecule has 3 aromatic carbocycles. The second-order valence-electron chi connectivity index (χ2n) is 8.25. The summed E-state index contributed by atoms with van der Waals surface area (Å²) in [5, 5.41) is 28.0. The molecule has 0 unspecified atom stereocenters. The Bertz CT molecular complexity index is 1290. The molecule has 0 saturated carbocycles. The molecule has 0 amide bonds. The molecule has 0 atom stereocenters. The summed E-state index contributed by atoms with van der Waals surface area (Å²) < 4.78 is 5.41. The van der Waals surface area contributed by atoms with Crippen LogP contribution >= 0.6 is 0 Å². The number of ketones is 1. The summed E-state index contributed by atoms with van der Waals surface area (Å²) >= 11 is 0. The smallest absolute Gasteiger partial charge is 0.296 e. The molecule has 10 nitrogen and oxygen atoms in total. The van der Waals surface area contributed by atoms with E-state index in [1.165, 1.54) is 13.2 Å². The second-order valence-corrected chi connectivity index (χ2v) is 8.25. The fourth-order valence-electron chi connectivity index (χ4n) is 3.37. The molecule has 0 bridgehead atoms. The maximum absolute atomic E-state index is 11.3. The Morgan fingerprint density at radius 1 is 0.944 bits per heavy atom. The van der Waals surface area contributed by atoms with Crippen molar-refractivity contribution in [1.82, 2.24) is 0 Å². The number of carbonyl (C=O) groups excluding carboxylic acids is 1. The summed E-state index contributed by atoms with van der Waals surface area (Å²) in [7, 11) is 3.49. The monoisotopic (exact) mass is 488 g/mol. The Morgan fingerprint density at radius 2 is 1.58 bits per heavy atom. The third-order valence-corrected chi connectivity index (χ3v) is 5.35. The maximum atomic E-state index is 11.3. The number of rotatable bonds is 11. The molecule has 0 aliphatic carbocycles. The van der Waals surface area contributed by atoms with Gasteiger partial charge in [-0.15, -0.1) is 10.2 Å². The van der Waals surface area contributed by atoms with Crippen LogP contribution < -0.4 is 9.64 Å². The normalized spacial score (nSPS) is 11.2. The van der Waals surface area contributed by atoms with E-state index in [1.807, 2.05) is 31.3 Å². The van der Waals surface area contributed by atoms with Gasteiger partial charge < -0.3 is 14.4 Å². The van der Waals surface area contributed by atoms with Crippen molar-refractivity contribution in [2.75, 3.05) is 25.6 Å². The van der Waals surface area contributed by atoms with Crippen LogP contribution in [0.1, 0.15) is 25.3 Å². The van der Waals surface area contributed by atoms with Crippen LogP contribution in [0.25, 0.3) is 0 Å². The van der Waals surface area contributed by atoms with E-state index in [2.05, 4.69) is 25.4 Å². The fourth-order valence-corrected chi connectivity index (χ4v) is 3.37. The molecule has 0 heterocycles. The number of anilines is 1. The molecule has 0 spiro atoms. The molecule has 0 radical (unpaired) electrons. The van der Waals surface area contributed by atoms with Gasteiger partial charge in [-0.3, -0.25) is 10.1 Å². The first-order chi connectivity index (χ1) is 17.3. The van der Waals surface area contributed by atoms with Gasteiger partial charge in [-0.05, 0) is 68.3 Å². The first-order valence-corrected chi connectivity index (χ1v) is 11.3.